The zero-order chi connectivity index (χ0) is 8.41. The van der Waals surface area contributed by atoms with E-state index in [1.54, 1.807) is 0 Å². The highest BCUT2D eigenvalue weighted by atomic mass is 35.5. The lowest BCUT2D eigenvalue weighted by Gasteiger charge is -1.87. The highest BCUT2D eigenvalue weighted by Crippen LogP contribution is 1.77. The zero-order valence-electron chi connectivity index (χ0n) is 8.39. The normalized spacial score (nSPS) is 17.8. The first kappa shape index (κ1) is 5.30. The summed E-state index contributed by atoms with van der Waals surface area (Å²) in [7, 11) is 0. The van der Waals surface area contributed by atoms with E-state index in [-0.39, 0.29) is 37.9 Å². The van der Waals surface area contributed by atoms with Gasteiger partial charge in [0.2, 0.25) is 0 Å². The summed E-state index contributed by atoms with van der Waals surface area (Å²) in [5.41, 5.74) is 9.99. The van der Waals surface area contributed by atoms with E-state index < -0.39 is 12.7 Å². The summed E-state index contributed by atoms with van der Waals surface area (Å²) in [6.07, 6.45) is -4.05. The molecule has 0 unspecified atom stereocenters. The van der Waals surface area contributed by atoms with E-state index in [0.29, 0.717) is 0 Å². The topological polar surface area (TPSA) is 52.0 Å². The van der Waals surface area contributed by atoms with Crippen molar-refractivity contribution in [3.8, 4) is 0 Å². The molecule has 4 heteroatoms. The third kappa shape index (κ3) is 16.1. The SMILES string of the molecule is Cl.Cl.[3H]C([3H])(CN)C([3H])([3H])CN. The van der Waals surface area contributed by atoms with Gasteiger partial charge in [-0.25, -0.2) is 0 Å². The van der Waals surface area contributed by atoms with E-state index in [4.69, 9.17) is 17.0 Å². The minimum Gasteiger partial charge on any atom is -0.330 e. The van der Waals surface area contributed by atoms with Crippen molar-refractivity contribution in [1.82, 2.24) is 0 Å². The van der Waals surface area contributed by atoms with Crippen LogP contribution in [0.4, 0.5) is 0 Å². The Hall–Kier alpha value is 0.500. The molecular formula is C4H14Cl2N2. The van der Waals surface area contributed by atoms with E-state index in [1.807, 2.05) is 0 Å². The number of halogens is 2. The molecule has 0 saturated heterocycles. The van der Waals surface area contributed by atoms with Gasteiger partial charge in [0.1, 0.15) is 0 Å². The van der Waals surface area contributed by atoms with Crippen LogP contribution in [0.15, 0.2) is 0 Å². The van der Waals surface area contributed by atoms with Gasteiger partial charge in [0.05, 0.1) is 0 Å². The Morgan fingerprint density at radius 1 is 1.00 bits per heavy atom. The van der Waals surface area contributed by atoms with Crippen molar-refractivity contribution in [2.24, 2.45) is 11.5 Å². The summed E-state index contributed by atoms with van der Waals surface area (Å²) in [4.78, 5) is 0. The molecule has 0 aliphatic carbocycles. The van der Waals surface area contributed by atoms with E-state index in [2.05, 4.69) is 0 Å². The second-order valence-electron chi connectivity index (χ2n) is 0.762. The molecule has 0 aliphatic rings. The average molecular weight is 169 g/mol. The summed E-state index contributed by atoms with van der Waals surface area (Å²) in [5, 5.41) is 0. The van der Waals surface area contributed by atoms with Crippen molar-refractivity contribution in [3.05, 3.63) is 0 Å². The third-order valence-electron chi connectivity index (χ3n) is 0.329. The van der Waals surface area contributed by atoms with Crippen LogP contribution in [-0.2, 0) is 0 Å². The van der Waals surface area contributed by atoms with Crippen LogP contribution >= 0.6 is 24.8 Å². The van der Waals surface area contributed by atoms with Crippen LogP contribution in [0.2, 0.25) is 0 Å². The lowest BCUT2D eigenvalue weighted by molar-refractivity contribution is 0.755. The summed E-state index contributed by atoms with van der Waals surface area (Å²) >= 11 is 0. The molecule has 0 spiro atoms. The maximum atomic E-state index is 7.06. The molecule has 0 aromatic carbocycles. The summed E-state index contributed by atoms with van der Waals surface area (Å²) < 4.78 is 28.3. The number of rotatable bonds is 3. The molecule has 0 rings (SSSR count). The molecule has 0 atom stereocenters. The van der Waals surface area contributed by atoms with Crippen LogP contribution in [0.1, 0.15) is 18.2 Å². The second-order valence-corrected chi connectivity index (χ2v) is 0.762. The van der Waals surface area contributed by atoms with E-state index in [1.165, 1.54) is 0 Å². The Kier molecular flexibility index (Phi) is 10.4. The molecule has 0 bridgehead atoms. The predicted molar refractivity (Wildman–Crippen MR) is 41.8 cm³/mol. The average Bonchev–Trinajstić information content (AvgIpc) is 1.88. The first-order valence-corrected chi connectivity index (χ1v) is 1.77. The lowest BCUT2D eigenvalue weighted by Crippen LogP contribution is -2.03. The Morgan fingerprint density at radius 3 is 1.38 bits per heavy atom. The molecule has 0 fully saturated rings. The molecule has 0 aromatic heterocycles. The Labute approximate surface area is 68.4 Å². The highest BCUT2D eigenvalue weighted by molar-refractivity contribution is 5.85. The fraction of sp³-hybridized carbons (Fsp3) is 1.00. The molecule has 0 radical (unpaired) electrons. The fourth-order valence-electron chi connectivity index (χ4n) is 0.144. The van der Waals surface area contributed by atoms with Gasteiger partial charge in [0.15, 0.2) is 0 Å². The van der Waals surface area contributed by atoms with Crippen molar-refractivity contribution in [3.63, 3.8) is 0 Å². The van der Waals surface area contributed by atoms with Crippen LogP contribution in [-0.4, -0.2) is 13.1 Å². The van der Waals surface area contributed by atoms with Gasteiger partial charge in [-0.15, -0.1) is 24.8 Å². The molecule has 0 heterocycles. The number of hydrogen-bond donors (Lipinski definition) is 2. The first-order valence-electron chi connectivity index (χ1n) is 3.77. The molecular weight excluding hydrogens is 147 g/mol. The van der Waals surface area contributed by atoms with Gasteiger partial charge >= 0.3 is 0 Å². The van der Waals surface area contributed by atoms with Gasteiger partial charge in [-0.3, -0.25) is 0 Å². The van der Waals surface area contributed by atoms with Gasteiger partial charge in [-0.2, -0.15) is 0 Å². The van der Waals surface area contributed by atoms with E-state index in [9.17, 15) is 0 Å². The zero-order valence-corrected chi connectivity index (χ0v) is 6.02. The van der Waals surface area contributed by atoms with Gasteiger partial charge < -0.3 is 11.5 Å². The fourth-order valence-corrected chi connectivity index (χ4v) is 0.144. The maximum Gasteiger partial charge on any atom is 0.0280 e. The molecule has 0 saturated carbocycles. The van der Waals surface area contributed by atoms with Gasteiger partial charge in [-0.05, 0) is 25.8 Å². The minimum atomic E-state index is -2.03. The first-order chi connectivity index (χ1) is 4.37. The van der Waals surface area contributed by atoms with Gasteiger partial charge in [0, 0.05) is 5.48 Å². The molecule has 0 aromatic rings. The maximum absolute atomic E-state index is 7.06. The van der Waals surface area contributed by atoms with Crippen molar-refractivity contribution in [1.29, 1.82) is 0 Å². The summed E-state index contributed by atoms with van der Waals surface area (Å²) in [5.74, 6) is 0. The number of nitrogens with two attached hydrogens (primary N) is 2. The van der Waals surface area contributed by atoms with Crippen LogP contribution in [0.25, 0.3) is 0 Å². The van der Waals surface area contributed by atoms with Crippen molar-refractivity contribution in [2.45, 2.75) is 12.7 Å². The van der Waals surface area contributed by atoms with E-state index >= 15 is 0 Å². The quantitative estimate of drug-likeness (QED) is 0.647. The lowest BCUT2D eigenvalue weighted by atomic mass is 10.3. The van der Waals surface area contributed by atoms with Crippen LogP contribution < -0.4 is 11.5 Å². The minimum absolute atomic E-state index is 0. The molecule has 2 nitrogen and oxygen atoms in total. The summed E-state index contributed by atoms with van der Waals surface area (Å²) in [6, 6.07) is 0. The van der Waals surface area contributed by atoms with Crippen LogP contribution in [0.3, 0.4) is 0 Å². The predicted octanol–water partition coefficient (Wildman–Crippen LogP) is 0.528. The molecule has 8 heavy (non-hydrogen) atoms. The smallest absolute Gasteiger partial charge is 0.0280 e. The van der Waals surface area contributed by atoms with E-state index in [0.717, 1.165) is 0 Å². The van der Waals surface area contributed by atoms with Crippen LogP contribution in [0.5, 0.6) is 0 Å². The molecule has 0 aliphatic heterocycles. The second kappa shape index (κ2) is 15.6. The van der Waals surface area contributed by atoms with Crippen LogP contribution in [0, 0.1) is 0 Å². The molecule has 54 valence electrons. The van der Waals surface area contributed by atoms with Crippen molar-refractivity contribution >= 4 is 24.8 Å². The largest absolute Gasteiger partial charge is 0.330 e. The Morgan fingerprint density at radius 2 is 1.25 bits per heavy atom. The Bertz CT molecular complexity index is 108. The molecule has 4 N–H and O–H groups in total. The molecule has 0 amide bonds. The third-order valence-corrected chi connectivity index (χ3v) is 0.329. The summed E-state index contributed by atoms with van der Waals surface area (Å²) in [6.45, 7) is -0.700. The van der Waals surface area contributed by atoms with Crippen molar-refractivity contribution < 1.29 is 5.48 Å². The van der Waals surface area contributed by atoms with Gasteiger partial charge in [-0.1, -0.05) is 0 Å². The Balaban J connectivity index is -0.000000405. The highest BCUT2D eigenvalue weighted by Gasteiger charge is 1.75. The monoisotopic (exact) mass is 168 g/mol. The van der Waals surface area contributed by atoms with Crippen molar-refractivity contribution in [2.75, 3.05) is 13.1 Å². The number of hydrogen-bond acceptors (Lipinski definition) is 2. The standard InChI is InChI=1S/C4H12N2.2ClH/c5-3-1-2-4-6;;/h1-6H2;2*1H/i1T2,2T2;;. The van der Waals surface area contributed by atoms with Gasteiger partial charge in [0.25, 0.3) is 0 Å².